The molecule has 5 nitrogen and oxygen atoms in total. The van der Waals surface area contributed by atoms with Crippen molar-refractivity contribution in [3.05, 3.63) is 35.4 Å². The summed E-state index contributed by atoms with van der Waals surface area (Å²) >= 11 is 4.89. The summed E-state index contributed by atoms with van der Waals surface area (Å²) in [5, 5.41) is 2.53. The van der Waals surface area contributed by atoms with E-state index < -0.39 is 0 Å². The van der Waals surface area contributed by atoms with Gasteiger partial charge in [0.15, 0.2) is 0 Å². The molecule has 0 spiro atoms. The highest BCUT2D eigenvalue weighted by Gasteiger charge is 2.16. The first kappa shape index (κ1) is 17.1. The van der Waals surface area contributed by atoms with Gasteiger partial charge in [0.1, 0.15) is 4.99 Å². The highest BCUT2D eigenvalue weighted by Crippen LogP contribution is 2.07. The van der Waals surface area contributed by atoms with Crippen LogP contribution in [0.4, 0.5) is 0 Å². The SMILES string of the molecule is CCCN(CC(=O)NC)C(=O)Cc1ccc(C(N)=S)cc1. The molecule has 0 bridgehead atoms. The van der Waals surface area contributed by atoms with Gasteiger partial charge in [-0.2, -0.15) is 0 Å². The van der Waals surface area contributed by atoms with Gasteiger partial charge >= 0.3 is 0 Å². The molecule has 0 aliphatic rings. The van der Waals surface area contributed by atoms with Gasteiger partial charge in [0, 0.05) is 19.2 Å². The number of nitrogens with two attached hydrogens (primary N) is 1. The number of likely N-dealkylation sites (N-methyl/N-ethyl adjacent to an activating group) is 1. The fraction of sp³-hybridized carbons (Fsp3) is 0.400. The summed E-state index contributed by atoms with van der Waals surface area (Å²) in [6, 6.07) is 7.26. The normalized spacial score (nSPS) is 10.0. The van der Waals surface area contributed by atoms with Crippen molar-refractivity contribution in [1.82, 2.24) is 10.2 Å². The molecule has 114 valence electrons. The number of rotatable bonds is 7. The van der Waals surface area contributed by atoms with Crippen LogP contribution in [0.5, 0.6) is 0 Å². The fourth-order valence-corrected chi connectivity index (χ4v) is 2.02. The molecule has 0 atom stereocenters. The van der Waals surface area contributed by atoms with Crippen LogP contribution in [0, 0.1) is 0 Å². The topological polar surface area (TPSA) is 75.4 Å². The molecule has 0 unspecified atom stereocenters. The summed E-state index contributed by atoms with van der Waals surface area (Å²) in [6.07, 6.45) is 1.07. The summed E-state index contributed by atoms with van der Waals surface area (Å²) < 4.78 is 0. The first-order valence-corrected chi connectivity index (χ1v) is 7.25. The van der Waals surface area contributed by atoms with Crippen LogP contribution in [0.25, 0.3) is 0 Å². The van der Waals surface area contributed by atoms with E-state index in [-0.39, 0.29) is 24.8 Å². The van der Waals surface area contributed by atoms with E-state index in [1.807, 2.05) is 19.1 Å². The Hall–Kier alpha value is -1.95. The molecule has 2 amide bonds. The Bertz CT molecular complexity index is 514. The average molecular weight is 307 g/mol. The second-order valence-electron chi connectivity index (χ2n) is 4.73. The van der Waals surface area contributed by atoms with Crippen molar-refractivity contribution in [3.63, 3.8) is 0 Å². The van der Waals surface area contributed by atoms with E-state index >= 15 is 0 Å². The van der Waals surface area contributed by atoms with E-state index in [1.165, 1.54) is 0 Å². The van der Waals surface area contributed by atoms with Crippen LogP contribution in [-0.2, 0) is 16.0 Å². The third-order valence-electron chi connectivity index (χ3n) is 3.05. The number of thiocarbonyl (C=S) groups is 1. The van der Waals surface area contributed by atoms with Gasteiger partial charge in [0.25, 0.3) is 0 Å². The van der Waals surface area contributed by atoms with Crippen molar-refractivity contribution in [2.24, 2.45) is 5.73 Å². The van der Waals surface area contributed by atoms with Crippen molar-refractivity contribution >= 4 is 29.0 Å². The van der Waals surface area contributed by atoms with Crippen LogP contribution in [0.15, 0.2) is 24.3 Å². The quantitative estimate of drug-likeness (QED) is 0.732. The van der Waals surface area contributed by atoms with Crippen molar-refractivity contribution in [1.29, 1.82) is 0 Å². The zero-order valence-corrected chi connectivity index (χ0v) is 13.2. The Labute approximate surface area is 130 Å². The summed E-state index contributed by atoms with van der Waals surface area (Å²) in [6.45, 7) is 2.63. The molecule has 0 aromatic heterocycles. The van der Waals surface area contributed by atoms with E-state index in [0.29, 0.717) is 11.5 Å². The van der Waals surface area contributed by atoms with Crippen LogP contribution in [-0.4, -0.2) is 41.8 Å². The molecule has 1 rings (SSSR count). The van der Waals surface area contributed by atoms with Crippen LogP contribution in [0.3, 0.4) is 0 Å². The number of carbonyl (C=O) groups excluding carboxylic acids is 2. The van der Waals surface area contributed by atoms with E-state index in [0.717, 1.165) is 17.5 Å². The highest BCUT2D eigenvalue weighted by molar-refractivity contribution is 7.80. The lowest BCUT2D eigenvalue weighted by Crippen LogP contribution is -2.40. The minimum absolute atomic E-state index is 0.0662. The first-order valence-electron chi connectivity index (χ1n) is 6.85. The number of amides is 2. The molecule has 0 fully saturated rings. The van der Waals surface area contributed by atoms with Gasteiger partial charge in [-0.15, -0.1) is 0 Å². The monoisotopic (exact) mass is 307 g/mol. The molecule has 21 heavy (non-hydrogen) atoms. The van der Waals surface area contributed by atoms with E-state index in [9.17, 15) is 9.59 Å². The minimum Gasteiger partial charge on any atom is -0.389 e. The average Bonchev–Trinajstić information content (AvgIpc) is 2.47. The molecule has 0 aliphatic carbocycles. The Morgan fingerprint density at radius 1 is 1.29 bits per heavy atom. The van der Waals surface area contributed by atoms with Gasteiger partial charge in [0.05, 0.1) is 13.0 Å². The van der Waals surface area contributed by atoms with E-state index in [4.69, 9.17) is 18.0 Å². The van der Waals surface area contributed by atoms with Crippen LogP contribution in [0.1, 0.15) is 24.5 Å². The summed E-state index contributed by atoms with van der Waals surface area (Å²) in [7, 11) is 1.56. The maximum Gasteiger partial charge on any atom is 0.239 e. The number of nitrogens with one attached hydrogen (secondary N) is 1. The summed E-state index contributed by atoms with van der Waals surface area (Å²) in [5.74, 6) is -0.232. The lowest BCUT2D eigenvalue weighted by molar-refractivity contribution is -0.135. The zero-order valence-electron chi connectivity index (χ0n) is 12.4. The molecule has 0 radical (unpaired) electrons. The van der Waals surface area contributed by atoms with Crippen molar-refractivity contribution in [2.75, 3.05) is 20.1 Å². The second kappa shape index (κ2) is 8.36. The van der Waals surface area contributed by atoms with E-state index in [1.54, 1.807) is 24.1 Å². The molecular weight excluding hydrogens is 286 g/mol. The second-order valence-corrected chi connectivity index (χ2v) is 5.17. The largest absolute Gasteiger partial charge is 0.389 e. The molecule has 1 aromatic rings. The van der Waals surface area contributed by atoms with Gasteiger partial charge in [-0.1, -0.05) is 43.4 Å². The summed E-state index contributed by atoms with van der Waals surface area (Å²) in [4.78, 5) is 25.6. The predicted molar refractivity (Wildman–Crippen MR) is 87.0 cm³/mol. The van der Waals surface area contributed by atoms with Gasteiger partial charge in [0.2, 0.25) is 11.8 Å². The van der Waals surface area contributed by atoms with Crippen molar-refractivity contribution in [2.45, 2.75) is 19.8 Å². The Morgan fingerprint density at radius 3 is 2.38 bits per heavy atom. The van der Waals surface area contributed by atoms with Crippen LogP contribution >= 0.6 is 12.2 Å². The molecule has 0 saturated heterocycles. The third kappa shape index (κ3) is 5.51. The lowest BCUT2D eigenvalue weighted by Gasteiger charge is -2.21. The molecular formula is C15H21N3O2S. The van der Waals surface area contributed by atoms with Crippen molar-refractivity contribution in [3.8, 4) is 0 Å². The fourth-order valence-electron chi connectivity index (χ4n) is 1.89. The van der Waals surface area contributed by atoms with E-state index in [2.05, 4.69) is 5.32 Å². The number of nitrogens with zero attached hydrogens (tertiary/aromatic N) is 1. The Morgan fingerprint density at radius 2 is 1.90 bits per heavy atom. The predicted octanol–water partition coefficient (Wildman–Crippen LogP) is 0.848. The molecule has 6 heteroatoms. The standard InChI is InChI=1S/C15H21N3O2S/c1-3-8-18(10-13(19)17-2)14(20)9-11-4-6-12(7-5-11)15(16)21/h4-7H,3,8-10H2,1-2H3,(H2,16,21)(H,17,19). The zero-order chi connectivity index (χ0) is 15.8. The van der Waals surface area contributed by atoms with Gasteiger partial charge in [-0.05, 0) is 12.0 Å². The van der Waals surface area contributed by atoms with Crippen LogP contribution < -0.4 is 11.1 Å². The number of carbonyl (C=O) groups is 2. The maximum atomic E-state index is 12.3. The number of benzene rings is 1. The molecule has 0 heterocycles. The van der Waals surface area contributed by atoms with Gasteiger partial charge < -0.3 is 16.0 Å². The summed E-state index contributed by atoms with van der Waals surface area (Å²) in [5.41, 5.74) is 7.18. The van der Waals surface area contributed by atoms with Crippen LogP contribution in [0.2, 0.25) is 0 Å². The van der Waals surface area contributed by atoms with Gasteiger partial charge in [-0.25, -0.2) is 0 Å². The maximum absolute atomic E-state index is 12.3. The van der Waals surface area contributed by atoms with Crippen molar-refractivity contribution < 1.29 is 9.59 Å². The van der Waals surface area contributed by atoms with Gasteiger partial charge in [-0.3, -0.25) is 9.59 Å². The third-order valence-corrected chi connectivity index (χ3v) is 3.29. The first-order chi connectivity index (χ1) is 9.97. The lowest BCUT2D eigenvalue weighted by atomic mass is 10.1. The Kier molecular flexibility index (Phi) is 6.81. The Balaban J connectivity index is 2.71. The molecule has 1 aromatic carbocycles. The molecule has 0 saturated carbocycles. The highest BCUT2D eigenvalue weighted by atomic mass is 32.1. The smallest absolute Gasteiger partial charge is 0.239 e. The number of hydrogen-bond donors (Lipinski definition) is 2. The molecule has 3 N–H and O–H groups in total. The number of hydrogen-bond acceptors (Lipinski definition) is 3. The molecule has 0 aliphatic heterocycles. The minimum atomic E-state index is -0.166.